The summed E-state index contributed by atoms with van der Waals surface area (Å²) in [4.78, 5) is 19.8. The molecule has 0 spiro atoms. The van der Waals surface area contributed by atoms with E-state index in [1.807, 2.05) is 44.2 Å². The lowest BCUT2D eigenvalue weighted by atomic mass is 10.1. The van der Waals surface area contributed by atoms with Crippen LogP contribution >= 0.6 is 0 Å². The van der Waals surface area contributed by atoms with Crippen molar-refractivity contribution < 1.29 is 17.9 Å². The summed E-state index contributed by atoms with van der Waals surface area (Å²) in [6.45, 7) is 3.81. The number of sulfone groups is 1. The van der Waals surface area contributed by atoms with Crippen LogP contribution in [-0.2, 0) is 16.3 Å². The summed E-state index contributed by atoms with van der Waals surface area (Å²) in [5.41, 5.74) is 1.05. The molecular formula is C27H26FN3O4S. The lowest BCUT2D eigenvalue weighted by Gasteiger charge is -2.23. The quantitative estimate of drug-likeness (QED) is 0.339. The molecule has 36 heavy (non-hydrogen) atoms. The molecule has 2 aromatic heterocycles. The second-order valence-electron chi connectivity index (χ2n) is 8.44. The second kappa shape index (κ2) is 10.4. The zero-order valence-electron chi connectivity index (χ0n) is 19.9. The molecule has 0 saturated heterocycles. The summed E-state index contributed by atoms with van der Waals surface area (Å²) in [6.07, 6.45) is 3.32. The SMILES string of the molecule is CCCCc1nc(=O)c(S(=O)(=O)c2ccc(-c3ccc(F)nc3)cc2)c(O)n1[C@H](C)c1ccccc1. The van der Waals surface area contributed by atoms with Gasteiger partial charge in [0.25, 0.3) is 5.56 Å². The van der Waals surface area contributed by atoms with E-state index in [4.69, 9.17) is 0 Å². The minimum atomic E-state index is -4.40. The first-order chi connectivity index (χ1) is 17.2. The number of nitrogens with zero attached hydrogens (tertiary/aromatic N) is 3. The summed E-state index contributed by atoms with van der Waals surface area (Å²) < 4.78 is 41.6. The van der Waals surface area contributed by atoms with Crippen LogP contribution in [0.25, 0.3) is 11.1 Å². The molecule has 9 heteroatoms. The number of pyridine rings is 1. The third-order valence-electron chi connectivity index (χ3n) is 6.05. The van der Waals surface area contributed by atoms with Gasteiger partial charge in [-0.05, 0) is 48.7 Å². The Bertz CT molecular complexity index is 1520. The third kappa shape index (κ3) is 4.92. The lowest BCUT2D eigenvalue weighted by molar-refractivity contribution is 0.369. The van der Waals surface area contributed by atoms with E-state index in [0.717, 1.165) is 18.4 Å². The van der Waals surface area contributed by atoms with Gasteiger partial charge in [-0.2, -0.15) is 9.37 Å². The smallest absolute Gasteiger partial charge is 0.296 e. The molecule has 0 aliphatic rings. The van der Waals surface area contributed by atoms with Gasteiger partial charge in [-0.15, -0.1) is 0 Å². The van der Waals surface area contributed by atoms with Crippen molar-refractivity contribution in [3.63, 3.8) is 0 Å². The zero-order valence-corrected chi connectivity index (χ0v) is 20.7. The number of aromatic nitrogens is 3. The highest BCUT2D eigenvalue weighted by atomic mass is 32.2. The molecule has 2 aromatic carbocycles. The molecule has 4 rings (SSSR count). The number of hydrogen-bond donors (Lipinski definition) is 1. The van der Waals surface area contributed by atoms with E-state index in [0.29, 0.717) is 23.4 Å². The Balaban J connectivity index is 1.82. The predicted octanol–water partition coefficient (Wildman–Crippen LogP) is 4.93. The molecule has 0 amide bonds. The summed E-state index contributed by atoms with van der Waals surface area (Å²) >= 11 is 0. The van der Waals surface area contributed by atoms with Crippen molar-refractivity contribution in [3.05, 3.63) is 101 Å². The molecule has 0 fully saturated rings. The van der Waals surface area contributed by atoms with E-state index in [2.05, 4.69) is 9.97 Å². The first-order valence-corrected chi connectivity index (χ1v) is 13.1. The van der Waals surface area contributed by atoms with E-state index in [9.17, 15) is 22.7 Å². The van der Waals surface area contributed by atoms with Crippen LogP contribution in [0.3, 0.4) is 0 Å². The van der Waals surface area contributed by atoms with Gasteiger partial charge >= 0.3 is 0 Å². The normalized spacial score (nSPS) is 12.4. The number of aromatic hydroxyl groups is 1. The molecular weight excluding hydrogens is 481 g/mol. The van der Waals surface area contributed by atoms with Crippen molar-refractivity contribution in [1.29, 1.82) is 0 Å². The minimum absolute atomic E-state index is 0.171. The van der Waals surface area contributed by atoms with Crippen molar-refractivity contribution in [2.75, 3.05) is 0 Å². The Hall–Kier alpha value is -3.85. The highest BCUT2D eigenvalue weighted by molar-refractivity contribution is 7.91. The number of unbranched alkanes of at least 4 members (excludes halogenated alkanes) is 1. The van der Waals surface area contributed by atoms with Crippen LogP contribution in [0.4, 0.5) is 4.39 Å². The van der Waals surface area contributed by atoms with Gasteiger partial charge in [0.2, 0.25) is 21.7 Å². The van der Waals surface area contributed by atoms with E-state index in [1.165, 1.54) is 47.2 Å². The van der Waals surface area contributed by atoms with E-state index < -0.39 is 38.2 Å². The monoisotopic (exact) mass is 507 g/mol. The summed E-state index contributed by atoms with van der Waals surface area (Å²) in [6, 6.07) is 17.3. The molecule has 0 aliphatic heterocycles. The maximum atomic E-state index is 13.5. The Morgan fingerprint density at radius 3 is 2.28 bits per heavy atom. The topological polar surface area (TPSA) is 102 Å². The highest BCUT2D eigenvalue weighted by Gasteiger charge is 2.31. The fraction of sp³-hybridized carbons (Fsp3) is 0.222. The van der Waals surface area contributed by atoms with E-state index in [-0.39, 0.29) is 4.90 Å². The molecule has 1 atom stereocenters. The molecule has 2 heterocycles. The Kier molecular flexibility index (Phi) is 7.30. The van der Waals surface area contributed by atoms with Crippen LogP contribution in [0.2, 0.25) is 0 Å². The predicted molar refractivity (Wildman–Crippen MR) is 134 cm³/mol. The van der Waals surface area contributed by atoms with Crippen molar-refractivity contribution >= 4 is 9.84 Å². The largest absolute Gasteiger partial charge is 0.493 e. The van der Waals surface area contributed by atoms with Crippen LogP contribution < -0.4 is 5.56 Å². The number of rotatable bonds is 8. The zero-order chi connectivity index (χ0) is 25.9. The van der Waals surface area contributed by atoms with Crippen molar-refractivity contribution in [2.45, 2.75) is 48.9 Å². The standard InChI is InChI=1S/C27H26FN3O4S/c1-3-4-10-24-30-26(32)25(27(33)31(24)18(2)19-8-6-5-7-9-19)36(34,35)22-14-11-20(12-15-22)21-13-16-23(28)29-17-21/h5-9,11-18,33H,3-4,10H2,1-2H3/t18-/m1/s1. The van der Waals surface area contributed by atoms with Crippen molar-refractivity contribution in [1.82, 2.24) is 14.5 Å². The summed E-state index contributed by atoms with van der Waals surface area (Å²) in [5.74, 6) is -0.928. The van der Waals surface area contributed by atoms with Crippen LogP contribution in [-0.4, -0.2) is 28.1 Å². The molecule has 7 nitrogen and oxygen atoms in total. The Morgan fingerprint density at radius 2 is 1.67 bits per heavy atom. The van der Waals surface area contributed by atoms with Crippen LogP contribution in [0.5, 0.6) is 5.88 Å². The Morgan fingerprint density at radius 1 is 1.00 bits per heavy atom. The van der Waals surface area contributed by atoms with Crippen LogP contribution in [0.15, 0.2) is 87.5 Å². The third-order valence-corrected chi connectivity index (χ3v) is 7.84. The number of aryl methyl sites for hydroxylation is 1. The summed E-state index contributed by atoms with van der Waals surface area (Å²) in [5, 5.41) is 11.2. The van der Waals surface area contributed by atoms with Gasteiger partial charge < -0.3 is 5.11 Å². The first kappa shape index (κ1) is 25.2. The van der Waals surface area contributed by atoms with E-state index in [1.54, 1.807) is 0 Å². The molecule has 0 unspecified atom stereocenters. The van der Waals surface area contributed by atoms with Gasteiger partial charge in [0.1, 0.15) is 5.82 Å². The van der Waals surface area contributed by atoms with Crippen molar-refractivity contribution in [3.8, 4) is 17.0 Å². The van der Waals surface area contributed by atoms with Gasteiger partial charge in [0, 0.05) is 18.2 Å². The molecule has 0 bridgehead atoms. The number of halogens is 1. The molecule has 0 saturated carbocycles. The maximum Gasteiger partial charge on any atom is 0.296 e. The van der Waals surface area contributed by atoms with Gasteiger partial charge in [0.15, 0.2) is 4.90 Å². The summed E-state index contributed by atoms with van der Waals surface area (Å²) in [7, 11) is -4.40. The molecule has 186 valence electrons. The van der Waals surface area contributed by atoms with Crippen molar-refractivity contribution in [2.24, 2.45) is 0 Å². The minimum Gasteiger partial charge on any atom is -0.493 e. The van der Waals surface area contributed by atoms with Crippen LogP contribution in [0.1, 0.15) is 44.1 Å². The average molecular weight is 508 g/mol. The Labute approximate surface area is 208 Å². The average Bonchev–Trinajstić information content (AvgIpc) is 2.88. The molecule has 0 aliphatic carbocycles. The second-order valence-corrected chi connectivity index (χ2v) is 10.3. The fourth-order valence-corrected chi connectivity index (χ4v) is 5.42. The molecule has 4 aromatic rings. The van der Waals surface area contributed by atoms with Gasteiger partial charge in [0.05, 0.1) is 10.9 Å². The fourth-order valence-electron chi connectivity index (χ4n) is 4.07. The highest BCUT2D eigenvalue weighted by Crippen LogP contribution is 2.32. The number of benzene rings is 2. The van der Waals surface area contributed by atoms with Gasteiger partial charge in [-0.25, -0.2) is 13.4 Å². The molecule has 0 radical (unpaired) electrons. The van der Waals surface area contributed by atoms with Crippen LogP contribution in [0, 0.1) is 5.95 Å². The maximum absolute atomic E-state index is 13.5. The first-order valence-electron chi connectivity index (χ1n) is 11.6. The van der Waals surface area contributed by atoms with Gasteiger partial charge in [-0.1, -0.05) is 55.8 Å². The lowest BCUT2D eigenvalue weighted by Crippen LogP contribution is -2.27. The van der Waals surface area contributed by atoms with Gasteiger partial charge in [-0.3, -0.25) is 9.36 Å². The van der Waals surface area contributed by atoms with E-state index >= 15 is 0 Å². The number of hydrogen-bond acceptors (Lipinski definition) is 6. The molecule has 1 N–H and O–H groups in total.